The standard InChI is InChI=1S/C11H18N2O4/c1-7(14)12-10-3-9(4-11(16)17)5-13(6-10)8(2)15/h9-10H,3-6H2,1-2H3,(H,12,14)(H,16,17). The van der Waals surface area contributed by atoms with E-state index >= 15 is 0 Å². The maximum atomic E-state index is 11.3. The van der Waals surface area contributed by atoms with Crippen molar-refractivity contribution in [3.63, 3.8) is 0 Å². The number of carboxylic acids is 1. The first-order valence-corrected chi connectivity index (χ1v) is 5.63. The average molecular weight is 242 g/mol. The monoisotopic (exact) mass is 242 g/mol. The van der Waals surface area contributed by atoms with Gasteiger partial charge in [0, 0.05) is 39.4 Å². The van der Waals surface area contributed by atoms with Gasteiger partial charge in [0.25, 0.3) is 0 Å². The van der Waals surface area contributed by atoms with E-state index in [-0.39, 0.29) is 30.2 Å². The molecule has 0 radical (unpaired) electrons. The third-order valence-corrected chi connectivity index (χ3v) is 2.85. The molecule has 0 aromatic carbocycles. The van der Waals surface area contributed by atoms with Gasteiger partial charge in [-0.3, -0.25) is 14.4 Å². The molecular formula is C11H18N2O4. The van der Waals surface area contributed by atoms with Crippen LogP contribution in [0.25, 0.3) is 0 Å². The zero-order chi connectivity index (χ0) is 13.0. The molecule has 0 aliphatic carbocycles. The largest absolute Gasteiger partial charge is 0.481 e. The SMILES string of the molecule is CC(=O)NC1CC(CC(=O)O)CN(C(C)=O)C1. The van der Waals surface area contributed by atoms with Crippen LogP contribution in [0.2, 0.25) is 0 Å². The summed E-state index contributed by atoms with van der Waals surface area (Å²) in [7, 11) is 0. The van der Waals surface area contributed by atoms with Crippen molar-refractivity contribution in [1.29, 1.82) is 0 Å². The molecule has 1 rings (SSSR count). The molecule has 6 heteroatoms. The van der Waals surface area contributed by atoms with Crippen LogP contribution in [0, 0.1) is 5.92 Å². The summed E-state index contributed by atoms with van der Waals surface area (Å²) in [5.41, 5.74) is 0. The Morgan fingerprint density at radius 3 is 2.41 bits per heavy atom. The van der Waals surface area contributed by atoms with Crippen LogP contribution in [0.4, 0.5) is 0 Å². The quantitative estimate of drug-likeness (QED) is 0.719. The van der Waals surface area contributed by atoms with E-state index in [1.54, 1.807) is 4.90 Å². The summed E-state index contributed by atoms with van der Waals surface area (Å²) in [5.74, 6) is -1.21. The number of nitrogens with zero attached hydrogens (tertiary/aromatic N) is 1. The van der Waals surface area contributed by atoms with Crippen molar-refractivity contribution in [2.75, 3.05) is 13.1 Å². The molecule has 17 heavy (non-hydrogen) atoms. The van der Waals surface area contributed by atoms with Gasteiger partial charge >= 0.3 is 5.97 Å². The fourth-order valence-corrected chi connectivity index (χ4v) is 2.25. The number of carbonyl (C=O) groups excluding carboxylic acids is 2. The molecule has 1 aliphatic rings. The molecule has 2 amide bonds. The maximum absolute atomic E-state index is 11.3. The molecule has 1 fully saturated rings. The molecule has 2 unspecified atom stereocenters. The predicted molar refractivity (Wildman–Crippen MR) is 60.2 cm³/mol. The van der Waals surface area contributed by atoms with Crippen molar-refractivity contribution >= 4 is 17.8 Å². The molecule has 0 aromatic rings. The second kappa shape index (κ2) is 5.65. The highest BCUT2D eigenvalue weighted by Gasteiger charge is 2.30. The number of hydrogen-bond acceptors (Lipinski definition) is 3. The number of aliphatic carboxylic acids is 1. The van der Waals surface area contributed by atoms with Crippen LogP contribution < -0.4 is 5.32 Å². The number of hydrogen-bond donors (Lipinski definition) is 2. The zero-order valence-corrected chi connectivity index (χ0v) is 10.1. The third kappa shape index (κ3) is 4.42. The van der Waals surface area contributed by atoms with Gasteiger partial charge in [0.2, 0.25) is 11.8 Å². The molecule has 2 atom stereocenters. The van der Waals surface area contributed by atoms with Crippen molar-refractivity contribution in [3.05, 3.63) is 0 Å². The van der Waals surface area contributed by atoms with Crippen LogP contribution in [0.1, 0.15) is 26.7 Å². The molecule has 0 spiro atoms. The van der Waals surface area contributed by atoms with Gasteiger partial charge in [0.05, 0.1) is 0 Å². The molecule has 2 N–H and O–H groups in total. The van der Waals surface area contributed by atoms with E-state index < -0.39 is 5.97 Å². The first-order chi connectivity index (χ1) is 7.88. The van der Waals surface area contributed by atoms with E-state index in [0.717, 1.165) is 0 Å². The highest BCUT2D eigenvalue weighted by Crippen LogP contribution is 2.20. The number of nitrogens with one attached hydrogen (secondary N) is 1. The number of rotatable bonds is 3. The van der Waals surface area contributed by atoms with Crippen LogP contribution in [0.5, 0.6) is 0 Å². The number of carbonyl (C=O) groups is 3. The smallest absolute Gasteiger partial charge is 0.303 e. The van der Waals surface area contributed by atoms with Gasteiger partial charge in [0.15, 0.2) is 0 Å². The Bertz CT molecular complexity index is 305. The number of carboxylic acid groups (broad SMARTS) is 1. The lowest BCUT2D eigenvalue weighted by Gasteiger charge is -2.37. The Hall–Kier alpha value is -1.59. The molecule has 1 heterocycles. The van der Waals surface area contributed by atoms with Crippen molar-refractivity contribution in [2.45, 2.75) is 32.7 Å². The van der Waals surface area contributed by atoms with E-state index in [2.05, 4.69) is 5.32 Å². The minimum atomic E-state index is -0.873. The predicted octanol–water partition coefficient (Wildman–Crippen LogP) is -0.166. The van der Waals surface area contributed by atoms with Gasteiger partial charge in [-0.25, -0.2) is 0 Å². The Balaban J connectivity index is 2.65. The van der Waals surface area contributed by atoms with Crippen molar-refractivity contribution in [3.8, 4) is 0 Å². The topological polar surface area (TPSA) is 86.7 Å². The van der Waals surface area contributed by atoms with Gasteiger partial charge in [-0.05, 0) is 12.3 Å². The van der Waals surface area contributed by atoms with Gasteiger partial charge in [0.1, 0.15) is 0 Å². The first kappa shape index (κ1) is 13.5. The van der Waals surface area contributed by atoms with Crippen LogP contribution >= 0.6 is 0 Å². The van der Waals surface area contributed by atoms with Crippen LogP contribution in [0.15, 0.2) is 0 Å². The minimum Gasteiger partial charge on any atom is -0.481 e. The van der Waals surface area contributed by atoms with Crippen molar-refractivity contribution < 1.29 is 19.5 Å². The van der Waals surface area contributed by atoms with Crippen molar-refractivity contribution in [2.24, 2.45) is 5.92 Å². The zero-order valence-electron chi connectivity index (χ0n) is 10.1. The Labute approximate surface area is 100.0 Å². The number of piperidine rings is 1. The molecule has 1 saturated heterocycles. The summed E-state index contributed by atoms with van der Waals surface area (Å²) in [4.78, 5) is 34.6. The molecule has 96 valence electrons. The van der Waals surface area contributed by atoms with E-state index in [9.17, 15) is 14.4 Å². The maximum Gasteiger partial charge on any atom is 0.303 e. The summed E-state index contributed by atoms with van der Waals surface area (Å²) in [5, 5.41) is 11.5. The first-order valence-electron chi connectivity index (χ1n) is 5.63. The fourth-order valence-electron chi connectivity index (χ4n) is 2.25. The lowest BCUT2D eigenvalue weighted by Crippen LogP contribution is -2.52. The van der Waals surface area contributed by atoms with Crippen LogP contribution in [-0.4, -0.2) is 46.9 Å². The minimum absolute atomic E-state index is 0.0276. The van der Waals surface area contributed by atoms with Crippen molar-refractivity contribution in [1.82, 2.24) is 10.2 Å². The second-order valence-corrected chi connectivity index (χ2v) is 4.52. The Kier molecular flexibility index (Phi) is 4.48. The normalized spacial score (nSPS) is 24.2. The Morgan fingerprint density at radius 1 is 1.29 bits per heavy atom. The van der Waals surface area contributed by atoms with E-state index in [4.69, 9.17) is 5.11 Å². The van der Waals surface area contributed by atoms with Gasteiger partial charge in [-0.1, -0.05) is 0 Å². The molecule has 1 aliphatic heterocycles. The molecule has 0 bridgehead atoms. The second-order valence-electron chi connectivity index (χ2n) is 4.52. The van der Waals surface area contributed by atoms with Gasteiger partial charge < -0.3 is 15.3 Å². The highest BCUT2D eigenvalue weighted by atomic mass is 16.4. The number of likely N-dealkylation sites (tertiary alicyclic amines) is 1. The molecule has 0 aromatic heterocycles. The van der Waals surface area contributed by atoms with Crippen LogP contribution in [0.3, 0.4) is 0 Å². The van der Waals surface area contributed by atoms with Gasteiger partial charge in [-0.15, -0.1) is 0 Å². The summed E-state index contributed by atoms with van der Waals surface area (Å²) >= 11 is 0. The van der Waals surface area contributed by atoms with E-state index in [1.807, 2.05) is 0 Å². The Morgan fingerprint density at radius 2 is 1.94 bits per heavy atom. The summed E-state index contributed by atoms with van der Waals surface area (Å²) < 4.78 is 0. The summed E-state index contributed by atoms with van der Waals surface area (Å²) in [6.07, 6.45) is 0.634. The lowest BCUT2D eigenvalue weighted by atomic mass is 9.91. The molecular weight excluding hydrogens is 224 g/mol. The highest BCUT2D eigenvalue weighted by molar-refractivity contribution is 5.75. The fraction of sp³-hybridized carbons (Fsp3) is 0.727. The van der Waals surface area contributed by atoms with E-state index in [1.165, 1.54) is 13.8 Å². The van der Waals surface area contributed by atoms with E-state index in [0.29, 0.717) is 19.5 Å². The third-order valence-electron chi connectivity index (χ3n) is 2.85. The molecule has 0 saturated carbocycles. The average Bonchev–Trinajstić information content (AvgIpc) is 2.14. The number of amides is 2. The van der Waals surface area contributed by atoms with Gasteiger partial charge in [-0.2, -0.15) is 0 Å². The molecule has 6 nitrogen and oxygen atoms in total. The lowest BCUT2D eigenvalue weighted by molar-refractivity contribution is -0.140. The summed E-state index contributed by atoms with van der Waals surface area (Å²) in [6.45, 7) is 3.79. The summed E-state index contributed by atoms with van der Waals surface area (Å²) in [6, 6.07) is -0.144. The van der Waals surface area contributed by atoms with Crippen LogP contribution in [-0.2, 0) is 14.4 Å².